The third-order valence-electron chi connectivity index (χ3n) is 2.96. The van der Waals surface area contributed by atoms with Crippen LogP contribution in [0.1, 0.15) is 17.3 Å². The fraction of sp³-hybridized carbons (Fsp3) is 0.312. The minimum Gasteiger partial charge on any atom is -0.462 e. The van der Waals surface area contributed by atoms with Crippen LogP contribution in [0.15, 0.2) is 36.7 Å². The lowest BCUT2D eigenvalue weighted by Crippen LogP contribution is -2.10. The molecule has 1 aromatic carbocycles. The van der Waals surface area contributed by atoms with Crippen molar-refractivity contribution in [3.8, 4) is 0 Å². The van der Waals surface area contributed by atoms with Crippen LogP contribution in [0, 0.1) is 0 Å². The van der Waals surface area contributed by atoms with Crippen molar-refractivity contribution in [2.45, 2.75) is 6.92 Å². The zero-order valence-electron chi connectivity index (χ0n) is 13.2. The molecule has 122 valence electrons. The summed E-state index contributed by atoms with van der Waals surface area (Å²) in [7, 11) is 1.64. The Morgan fingerprint density at radius 3 is 2.78 bits per heavy atom. The Balaban J connectivity index is 2.13. The van der Waals surface area contributed by atoms with Crippen LogP contribution < -0.4 is 10.6 Å². The molecule has 0 atom stereocenters. The SMILES string of the molecule is CCOC(=O)c1ccccc1Nc1cc(NCCOC)ncn1. The van der Waals surface area contributed by atoms with Crippen molar-refractivity contribution < 1.29 is 14.3 Å². The normalized spacial score (nSPS) is 10.2. The van der Waals surface area contributed by atoms with Gasteiger partial charge in [-0.05, 0) is 19.1 Å². The second-order valence-electron chi connectivity index (χ2n) is 4.60. The lowest BCUT2D eigenvalue weighted by Gasteiger charge is -2.11. The minimum atomic E-state index is -0.372. The number of nitrogens with one attached hydrogen (secondary N) is 2. The molecule has 2 rings (SSSR count). The third kappa shape index (κ3) is 4.93. The molecule has 0 bridgehead atoms. The molecule has 2 N–H and O–H groups in total. The first kappa shape index (κ1) is 16.7. The zero-order valence-corrected chi connectivity index (χ0v) is 13.2. The summed E-state index contributed by atoms with van der Waals surface area (Å²) in [5.74, 6) is 0.882. The van der Waals surface area contributed by atoms with Crippen LogP contribution >= 0.6 is 0 Å². The van der Waals surface area contributed by atoms with Crippen molar-refractivity contribution >= 4 is 23.3 Å². The molecule has 0 spiro atoms. The number of hydrogen-bond donors (Lipinski definition) is 2. The van der Waals surface area contributed by atoms with Crippen LogP contribution in [0.2, 0.25) is 0 Å². The monoisotopic (exact) mass is 316 g/mol. The Morgan fingerprint density at radius 1 is 1.22 bits per heavy atom. The maximum absolute atomic E-state index is 12.0. The van der Waals surface area contributed by atoms with E-state index in [0.29, 0.717) is 42.6 Å². The van der Waals surface area contributed by atoms with Crippen molar-refractivity contribution in [2.24, 2.45) is 0 Å². The number of rotatable bonds is 8. The van der Waals surface area contributed by atoms with Gasteiger partial charge >= 0.3 is 5.97 Å². The number of nitrogens with zero attached hydrogens (tertiary/aromatic N) is 2. The number of carbonyl (C=O) groups is 1. The molecule has 0 aliphatic rings. The van der Waals surface area contributed by atoms with Gasteiger partial charge in [-0.3, -0.25) is 0 Å². The molecule has 0 radical (unpaired) electrons. The van der Waals surface area contributed by atoms with E-state index in [1.54, 1.807) is 38.3 Å². The van der Waals surface area contributed by atoms with E-state index in [-0.39, 0.29) is 5.97 Å². The van der Waals surface area contributed by atoms with E-state index in [2.05, 4.69) is 20.6 Å². The number of aromatic nitrogens is 2. The van der Waals surface area contributed by atoms with Crippen molar-refractivity contribution in [3.63, 3.8) is 0 Å². The van der Waals surface area contributed by atoms with Gasteiger partial charge < -0.3 is 20.1 Å². The molecule has 0 unspecified atom stereocenters. The summed E-state index contributed by atoms with van der Waals surface area (Å²) in [5, 5.41) is 6.24. The number of carbonyl (C=O) groups excluding carboxylic acids is 1. The molecule has 0 aliphatic heterocycles. The van der Waals surface area contributed by atoms with Gasteiger partial charge in [0.1, 0.15) is 18.0 Å². The Hall–Kier alpha value is -2.67. The minimum absolute atomic E-state index is 0.328. The highest BCUT2D eigenvalue weighted by Crippen LogP contribution is 2.21. The Labute approximate surface area is 135 Å². The first-order valence-corrected chi connectivity index (χ1v) is 7.32. The lowest BCUT2D eigenvalue weighted by atomic mass is 10.2. The van der Waals surface area contributed by atoms with Gasteiger partial charge in [0.15, 0.2) is 0 Å². The summed E-state index contributed by atoms with van der Waals surface area (Å²) < 4.78 is 10.0. The van der Waals surface area contributed by atoms with E-state index in [0.717, 1.165) is 0 Å². The number of methoxy groups -OCH3 is 1. The molecule has 0 aliphatic carbocycles. The van der Waals surface area contributed by atoms with Gasteiger partial charge in [-0.25, -0.2) is 14.8 Å². The number of anilines is 3. The predicted molar refractivity (Wildman–Crippen MR) is 88.1 cm³/mol. The molecule has 0 saturated heterocycles. The fourth-order valence-corrected chi connectivity index (χ4v) is 1.92. The summed E-state index contributed by atoms with van der Waals surface area (Å²) >= 11 is 0. The van der Waals surface area contributed by atoms with Gasteiger partial charge in [0.05, 0.1) is 24.5 Å². The average molecular weight is 316 g/mol. The first-order chi connectivity index (χ1) is 11.2. The van der Waals surface area contributed by atoms with E-state index in [1.807, 2.05) is 6.07 Å². The molecule has 1 heterocycles. The maximum atomic E-state index is 12.0. The second kappa shape index (κ2) is 8.70. The topological polar surface area (TPSA) is 85.4 Å². The molecule has 0 fully saturated rings. The smallest absolute Gasteiger partial charge is 0.340 e. The van der Waals surface area contributed by atoms with Crippen LogP contribution in [-0.2, 0) is 9.47 Å². The average Bonchev–Trinajstić information content (AvgIpc) is 2.56. The summed E-state index contributed by atoms with van der Waals surface area (Å²) in [5.41, 5.74) is 1.09. The lowest BCUT2D eigenvalue weighted by molar-refractivity contribution is 0.0527. The Bertz CT molecular complexity index is 649. The first-order valence-electron chi connectivity index (χ1n) is 7.32. The highest BCUT2D eigenvalue weighted by molar-refractivity contribution is 5.96. The van der Waals surface area contributed by atoms with E-state index in [9.17, 15) is 4.79 Å². The van der Waals surface area contributed by atoms with Gasteiger partial charge in [-0.15, -0.1) is 0 Å². The maximum Gasteiger partial charge on any atom is 0.340 e. The molecule has 23 heavy (non-hydrogen) atoms. The van der Waals surface area contributed by atoms with Crippen molar-refractivity contribution in [1.82, 2.24) is 9.97 Å². The van der Waals surface area contributed by atoms with Gasteiger partial charge in [0.25, 0.3) is 0 Å². The number of hydrogen-bond acceptors (Lipinski definition) is 7. The Morgan fingerprint density at radius 2 is 2.00 bits per heavy atom. The molecule has 2 aromatic rings. The highest BCUT2D eigenvalue weighted by Gasteiger charge is 2.12. The van der Waals surface area contributed by atoms with Crippen molar-refractivity contribution in [2.75, 3.05) is 37.5 Å². The van der Waals surface area contributed by atoms with Gasteiger partial charge in [0.2, 0.25) is 0 Å². The largest absolute Gasteiger partial charge is 0.462 e. The van der Waals surface area contributed by atoms with E-state index in [4.69, 9.17) is 9.47 Å². The fourth-order valence-electron chi connectivity index (χ4n) is 1.92. The number of para-hydroxylation sites is 1. The molecule has 0 saturated carbocycles. The zero-order chi connectivity index (χ0) is 16.5. The number of esters is 1. The van der Waals surface area contributed by atoms with E-state index < -0.39 is 0 Å². The van der Waals surface area contributed by atoms with Crippen LogP contribution in [0.3, 0.4) is 0 Å². The van der Waals surface area contributed by atoms with Crippen LogP contribution in [-0.4, -0.2) is 42.8 Å². The van der Waals surface area contributed by atoms with Crippen molar-refractivity contribution in [1.29, 1.82) is 0 Å². The standard InChI is InChI=1S/C16H20N4O3/c1-3-23-16(21)12-6-4-5-7-13(12)20-15-10-14(18-11-19-15)17-8-9-22-2/h4-7,10-11H,3,8-9H2,1-2H3,(H2,17,18,19,20). The van der Waals surface area contributed by atoms with Crippen LogP contribution in [0.25, 0.3) is 0 Å². The predicted octanol–water partition coefficient (Wildman–Crippen LogP) is 2.46. The molecular formula is C16H20N4O3. The quantitative estimate of drug-likeness (QED) is 0.571. The number of benzene rings is 1. The van der Waals surface area contributed by atoms with Gasteiger partial charge in [-0.1, -0.05) is 12.1 Å². The molecular weight excluding hydrogens is 296 g/mol. The third-order valence-corrected chi connectivity index (χ3v) is 2.96. The van der Waals surface area contributed by atoms with E-state index >= 15 is 0 Å². The van der Waals surface area contributed by atoms with Crippen molar-refractivity contribution in [3.05, 3.63) is 42.2 Å². The molecule has 7 nitrogen and oxygen atoms in total. The van der Waals surface area contributed by atoms with Crippen LogP contribution in [0.5, 0.6) is 0 Å². The summed E-state index contributed by atoms with van der Waals surface area (Å²) in [6.45, 7) is 3.33. The van der Waals surface area contributed by atoms with Gasteiger partial charge in [0, 0.05) is 19.7 Å². The number of ether oxygens (including phenoxy) is 2. The summed E-state index contributed by atoms with van der Waals surface area (Å²) in [6, 6.07) is 8.89. The highest BCUT2D eigenvalue weighted by atomic mass is 16.5. The molecule has 0 amide bonds. The Kier molecular flexibility index (Phi) is 6.31. The second-order valence-corrected chi connectivity index (χ2v) is 4.60. The van der Waals surface area contributed by atoms with Crippen LogP contribution in [0.4, 0.5) is 17.3 Å². The summed E-state index contributed by atoms with van der Waals surface area (Å²) in [4.78, 5) is 20.3. The molecule has 1 aromatic heterocycles. The van der Waals surface area contributed by atoms with E-state index in [1.165, 1.54) is 6.33 Å². The van der Waals surface area contributed by atoms with Gasteiger partial charge in [-0.2, -0.15) is 0 Å². The summed E-state index contributed by atoms with van der Waals surface area (Å²) in [6.07, 6.45) is 1.45. The molecule has 7 heteroatoms.